The van der Waals surface area contributed by atoms with Crippen LogP contribution in [0.3, 0.4) is 0 Å². The maximum absolute atomic E-state index is 12.2. The van der Waals surface area contributed by atoms with E-state index in [1.54, 1.807) is 0 Å². The molecule has 0 heterocycles. The zero-order valence-electron chi connectivity index (χ0n) is 13.6. The third-order valence-corrected chi connectivity index (χ3v) is 6.11. The van der Waals surface area contributed by atoms with Crippen LogP contribution in [-0.2, 0) is 9.59 Å². The van der Waals surface area contributed by atoms with E-state index >= 15 is 0 Å². The van der Waals surface area contributed by atoms with E-state index < -0.39 is 11.8 Å². The molecular formula is C18H23IN2O2. The fourth-order valence-corrected chi connectivity index (χ4v) is 4.88. The van der Waals surface area contributed by atoms with Gasteiger partial charge in [-0.2, -0.15) is 0 Å². The van der Waals surface area contributed by atoms with E-state index in [0.29, 0.717) is 11.6 Å². The Kier molecular flexibility index (Phi) is 4.94. The molecule has 124 valence electrons. The zero-order valence-corrected chi connectivity index (χ0v) is 15.7. The highest BCUT2D eigenvalue weighted by Gasteiger charge is 2.42. The van der Waals surface area contributed by atoms with Crippen LogP contribution in [0.25, 0.3) is 0 Å². The van der Waals surface area contributed by atoms with Gasteiger partial charge in [-0.25, -0.2) is 0 Å². The minimum atomic E-state index is -0.579. The van der Waals surface area contributed by atoms with E-state index in [1.165, 1.54) is 25.7 Å². The number of halogens is 1. The first-order valence-electron chi connectivity index (χ1n) is 8.32. The van der Waals surface area contributed by atoms with Gasteiger partial charge < -0.3 is 10.6 Å². The minimum absolute atomic E-state index is 0.0707. The lowest BCUT2D eigenvalue weighted by molar-refractivity contribution is -0.136. The molecule has 4 unspecified atom stereocenters. The first-order chi connectivity index (χ1) is 10.9. The van der Waals surface area contributed by atoms with Crippen LogP contribution in [0, 0.1) is 28.2 Å². The molecular weight excluding hydrogens is 403 g/mol. The first kappa shape index (κ1) is 16.7. The number of carbonyl (C=O) groups excluding carboxylic acids is 2. The summed E-state index contributed by atoms with van der Waals surface area (Å²) in [4.78, 5) is 24.3. The van der Waals surface area contributed by atoms with Gasteiger partial charge in [-0.05, 0) is 97.2 Å². The highest BCUT2D eigenvalue weighted by molar-refractivity contribution is 14.1. The van der Waals surface area contributed by atoms with Gasteiger partial charge in [0.1, 0.15) is 0 Å². The van der Waals surface area contributed by atoms with Crippen molar-refractivity contribution in [2.24, 2.45) is 17.8 Å². The molecule has 23 heavy (non-hydrogen) atoms. The molecule has 2 aliphatic carbocycles. The molecule has 4 atom stereocenters. The molecule has 1 aromatic carbocycles. The Morgan fingerprint density at radius 2 is 2.00 bits per heavy atom. The van der Waals surface area contributed by atoms with Crippen LogP contribution in [0.15, 0.2) is 18.2 Å². The number of anilines is 1. The van der Waals surface area contributed by atoms with Crippen molar-refractivity contribution in [1.29, 1.82) is 0 Å². The number of amides is 2. The Hall–Kier alpha value is -1.11. The standard InChI is InChI=1S/C18H23IN2O2/c1-10-7-14(19)5-6-16(10)21-18(23)17(22)20-11(2)15-9-12-3-4-13(15)8-12/h5-7,11-13,15H,3-4,8-9H2,1-2H3,(H,20,22)(H,21,23). The van der Waals surface area contributed by atoms with Crippen LogP contribution >= 0.6 is 22.6 Å². The highest BCUT2D eigenvalue weighted by Crippen LogP contribution is 2.49. The van der Waals surface area contributed by atoms with Crippen molar-refractivity contribution < 1.29 is 9.59 Å². The number of aryl methyl sites for hydroxylation is 1. The molecule has 0 saturated heterocycles. The summed E-state index contributed by atoms with van der Waals surface area (Å²) in [7, 11) is 0. The van der Waals surface area contributed by atoms with Crippen molar-refractivity contribution in [3.05, 3.63) is 27.3 Å². The molecule has 0 radical (unpaired) electrons. The van der Waals surface area contributed by atoms with E-state index in [1.807, 2.05) is 32.0 Å². The molecule has 1 aromatic rings. The lowest BCUT2D eigenvalue weighted by Crippen LogP contribution is -2.45. The molecule has 2 N–H and O–H groups in total. The summed E-state index contributed by atoms with van der Waals surface area (Å²) in [5, 5.41) is 5.62. The third kappa shape index (κ3) is 3.70. The first-order valence-corrected chi connectivity index (χ1v) is 9.40. The smallest absolute Gasteiger partial charge is 0.313 e. The normalized spacial score (nSPS) is 26.8. The van der Waals surface area contributed by atoms with Crippen LogP contribution in [0.5, 0.6) is 0 Å². The topological polar surface area (TPSA) is 58.2 Å². The molecule has 0 aromatic heterocycles. The van der Waals surface area contributed by atoms with Crippen LogP contribution in [-0.4, -0.2) is 17.9 Å². The van der Waals surface area contributed by atoms with Gasteiger partial charge in [-0.15, -0.1) is 0 Å². The fraction of sp³-hybridized carbons (Fsp3) is 0.556. The Morgan fingerprint density at radius 3 is 2.61 bits per heavy atom. The van der Waals surface area contributed by atoms with E-state index in [-0.39, 0.29) is 6.04 Å². The lowest BCUT2D eigenvalue weighted by atomic mass is 9.84. The van der Waals surface area contributed by atoms with E-state index in [9.17, 15) is 9.59 Å². The summed E-state index contributed by atoms with van der Waals surface area (Å²) in [5.41, 5.74) is 1.65. The van der Waals surface area contributed by atoms with Gasteiger partial charge >= 0.3 is 11.8 Å². The second kappa shape index (κ2) is 6.79. The average molecular weight is 426 g/mol. The van der Waals surface area contributed by atoms with Crippen LogP contribution in [0.4, 0.5) is 5.69 Å². The Bertz CT molecular complexity index is 631. The monoisotopic (exact) mass is 426 g/mol. The summed E-state index contributed by atoms with van der Waals surface area (Å²) in [5.74, 6) is 0.998. The van der Waals surface area contributed by atoms with Gasteiger partial charge in [-0.1, -0.05) is 6.42 Å². The van der Waals surface area contributed by atoms with Gasteiger partial charge in [0.25, 0.3) is 0 Å². The third-order valence-electron chi connectivity index (χ3n) is 5.44. The quantitative estimate of drug-likeness (QED) is 0.575. The van der Waals surface area contributed by atoms with Crippen molar-refractivity contribution in [3.63, 3.8) is 0 Å². The maximum atomic E-state index is 12.2. The van der Waals surface area contributed by atoms with Gasteiger partial charge in [0.2, 0.25) is 0 Å². The highest BCUT2D eigenvalue weighted by atomic mass is 127. The second-order valence-corrected chi connectivity index (χ2v) is 8.26. The van der Waals surface area contributed by atoms with Gasteiger partial charge in [0.15, 0.2) is 0 Å². The number of benzene rings is 1. The second-order valence-electron chi connectivity index (χ2n) is 7.01. The Balaban J connectivity index is 1.56. The van der Waals surface area contributed by atoms with Gasteiger partial charge in [-0.3, -0.25) is 9.59 Å². The summed E-state index contributed by atoms with van der Waals surface area (Å²) in [6.45, 7) is 3.96. The van der Waals surface area contributed by atoms with Crippen molar-refractivity contribution in [2.75, 3.05) is 5.32 Å². The Morgan fingerprint density at radius 1 is 1.22 bits per heavy atom. The van der Waals surface area contributed by atoms with Gasteiger partial charge in [0, 0.05) is 15.3 Å². The van der Waals surface area contributed by atoms with Gasteiger partial charge in [0.05, 0.1) is 0 Å². The number of fused-ring (bicyclic) bond motifs is 2. The van der Waals surface area contributed by atoms with Crippen LogP contribution < -0.4 is 10.6 Å². The average Bonchev–Trinajstić information content (AvgIpc) is 3.12. The number of hydrogen-bond donors (Lipinski definition) is 2. The molecule has 0 spiro atoms. The number of hydrogen-bond acceptors (Lipinski definition) is 2. The molecule has 2 saturated carbocycles. The van der Waals surface area contributed by atoms with E-state index in [4.69, 9.17) is 0 Å². The number of nitrogens with one attached hydrogen (secondary N) is 2. The zero-order chi connectivity index (χ0) is 16.6. The molecule has 2 aliphatic rings. The largest absolute Gasteiger partial charge is 0.345 e. The number of rotatable bonds is 3. The SMILES string of the molecule is Cc1cc(I)ccc1NC(=O)C(=O)NC(C)C1CC2CCC1C2. The summed E-state index contributed by atoms with van der Waals surface area (Å²) >= 11 is 2.22. The van der Waals surface area contributed by atoms with Crippen molar-refractivity contribution in [2.45, 2.75) is 45.6 Å². The summed E-state index contributed by atoms with van der Waals surface area (Å²) in [6.07, 6.45) is 5.13. The lowest BCUT2D eigenvalue weighted by Gasteiger charge is -2.28. The molecule has 2 amide bonds. The molecule has 0 aliphatic heterocycles. The molecule has 4 nitrogen and oxygen atoms in total. The molecule has 2 bridgehead atoms. The van der Waals surface area contributed by atoms with E-state index in [2.05, 4.69) is 33.2 Å². The fourth-order valence-electron chi connectivity index (χ4n) is 4.23. The number of carbonyl (C=O) groups is 2. The molecule has 2 fully saturated rings. The minimum Gasteiger partial charge on any atom is -0.345 e. The van der Waals surface area contributed by atoms with Crippen molar-refractivity contribution in [3.8, 4) is 0 Å². The molecule has 3 rings (SSSR count). The van der Waals surface area contributed by atoms with E-state index in [0.717, 1.165) is 21.0 Å². The maximum Gasteiger partial charge on any atom is 0.313 e. The summed E-state index contributed by atoms with van der Waals surface area (Å²) in [6, 6.07) is 5.80. The Labute approximate surface area is 150 Å². The predicted molar refractivity (Wildman–Crippen MR) is 99.1 cm³/mol. The van der Waals surface area contributed by atoms with Crippen LogP contribution in [0.1, 0.15) is 38.2 Å². The van der Waals surface area contributed by atoms with Crippen molar-refractivity contribution in [1.82, 2.24) is 5.32 Å². The van der Waals surface area contributed by atoms with Crippen LogP contribution in [0.2, 0.25) is 0 Å². The summed E-state index contributed by atoms with van der Waals surface area (Å²) < 4.78 is 1.10. The van der Waals surface area contributed by atoms with Crippen molar-refractivity contribution >= 4 is 40.1 Å². The predicted octanol–water partition coefficient (Wildman–Crippen LogP) is 3.48. The molecule has 5 heteroatoms.